The first kappa shape index (κ1) is 14.3. The van der Waals surface area contributed by atoms with Gasteiger partial charge in [0.1, 0.15) is 0 Å². The zero-order valence-electron chi connectivity index (χ0n) is 12.2. The highest BCUT2D eigenvalue weighted by atomic mass is 16.2. The third kappa shape index (κ3) is 3.26. The van der Waals surface area contributed by atoms with Crippen molar-refractivity contribution in [1.29, 1.82) is 0 Å². The Labute approximate surface area is 115 Å². The standard InChI is InChI=1S/C14H25N3O2/c1-4-14(2,3)16-12(18)9-17-8-11-10(13(17)19)6-5-7-15-11/h10-11,15H,4-9H2,1-3H3,(H,16,18). The van der Waals surface area contributed by atoms with Gasteiger partial charge in [-0.3, -0.25) is 9.59 Å². The molecule has 2 aliphatic rings. The maximum absolute atomic E-state index is 12.2. The maximum atomic E-state index is 12.2. The summed E-state index contributed by atoms with van der Waals surface area (Å²) < 4.78 is 0. The van der Waals surface area contributed by atoms with E-state index >= 15 is 0 Å². The van der Waals surface area contributed by atoms with Crippen LogP contribution in [0.15, 0.2) is 0 Å². The van der Waals surface area contributed by atoms with Crippen LogP contribution < -0.4 is 10.6 Å². The minimum Gasteiger partial charge on any atom is -0.350 e. The number of hydrogen-bond acceptors (Lipinski definition) is 3. The van der Waals surface area contributed by atoms with Gasteiger partial charge in [-0.15, -0.1) is 0 Å². The second kappa shape index (κ2) is 5.49. The van der Waals surface area contributed by atoms with Crippen LogP contribution in [-0.4, -0.2) is 47.9 Å². The van der Waals surface area contributed by atoms with Gasteiger partial charge in [0, 0.05) is 18.1 Å². The minimum absolute atomic E-state index is 0.0566. The number of fused-ring (bicyclic) bond motifs is 1. The van der Waals surface area contributed by atoms with Gasteiger partial charge in [0.15, 0.2) is 0 Å². The summed E-state index contributed by atoms with van der Waals surface area (Å²) in [5, 5.41) is 6.36. The Bertz CT molecular complexity index is 368. The number of nitrogens with zero attached hydrogens (tertiary/aromatic N) is 1. The van der Waals surface area contributed by atoms with Crippen LogP contribution in [-0.2, 0) is 9.59 Å². The first-order chi connectivity index (χ1) is 8.93. The molecule has 108 valence electrons. The molecule has 5 heteroatoms. The predicted octanol–water partition coefficient (Wildman–Crippen LogP) is 0.502. The average molecular weight is 267 g/mol. The van der Waals surface area contributed by atoms with Crippen molar-refractivity contribution in [3.8, 4) is 0 Å². The van der Waals surface area contributed by atoms with Gasteiger partial charge in [0.25, 0.3) is 0 Å². The fourth-order valence-electron chi connectivity index (χ4n) is 2.82. The van der Waals surface area contributed by atoms with E-state index in [9.17, 15) is 9.59 Å². The van der Waals surface area contributed by atoms with Crippen LogP contribution in [0.1, 0.15) is 40.0 Å². The number of likely N-dealkylation sites (tertiary alicyclic amines) is 1. The van der Waals surface area contributed by atoms with Gasteiger partial charge in [-0.2, -0.15) is 0 Å². The molecule has 0 aliphatic carbocycles. The largest absolute Gasteiger partial charge is 0.350 e. The summed E-state index contributed by atoms with van der Waals surface area (Å²) >= 11 is 0. The number of amides is 2. The highest BCUT2D eigenvalue weighted by Crippen LogP contribution is 2.26. The first-order valence-electron chi connectivity index (χ1n) is 7.26. The van der Waals surface area contributed by atoms with Gasteiger partial charge in [0.05, 0.1) is 12.5 Å². The second-order valence-corrected chi connectivity index (χ2v) is 6.31. The molecule has 19 heavy (non-hydrogen) atoms. The Morgan fingerprint density at radius 3 is 2.89 bits per heavy atom. The molecule has 2 amide bonds. The molecular formula is C14H25N3O2. The van der Waals surface area contributed by atoms with Crippen LogP contribution in [0.25, 0.3) is 0 Å². The topological polar surface area (TPSA) is 61.4 Å². The Balaban J connectivity index is 1.89. The Kier molecular flexibility index (Phi) is 4.13. The molecule has 2 unspecified atom stereocenters. The zero-order valence-corrected chi connectivity index (χ0v) is 12.2. The quantitative estimate of drug-likeness (QED) is 0.780. The van der Waals surface area contributed by atoms with E-state index in [4.69, 9.17) is 0 Å². The molecule has 5 nitrogen and oxygen atoms in total. The maximum Gasteiger partial charge on any atom is 0.240 e. The molecule has 2 N–H and O–H groups in total. The molecule has 2 atom stereocenters. The monoisotopic (exact) mass is 267 g/mol. The fourth-order valence-corrected chi connectivity index (χ4v) is 2.82. The summed E-state index contributed by atoms with van der Waals surface area (Å²) in [6, 6.07) is 0.244. The number of carbonyl (C=O) groups excluding carboxylic acids is 2. The normalized spacial score (nSPS) is 27.3. The van der Waals surface area contributed by atoms with E-state index in [1.807, 2.05) is 20.8 Å². The lowest BCUT2D eigenvalue weighted by Gasteiger charge is -2.26. The summed E-state index contributed by atoms with van der Waals surface area (Å²) in [6.45, 7) is 7.88. The molecule has 0 bridgehead atoms. The van der Waals surface area contributed by atoms with Gasteiger partial charge in [-0.25, -0.2) is 0 Å². The van der Waals surface area contributed by atoms with E-state index in [1.54, 1.807) is 4.90 Å². The van der Waals surface area contributed by atoms with E-state index in [1.165, 1.54) is 0 Å². The van der Waals surface area contributed by atoms with Gasteiger partial charge in [-0.05, 0) is 39.7 Å². The van der Waals surface area contributed by atoms with Crippen LogP contribution in [0, 0.1) is 5.92 Å². The molecule has 0 radical (unpaired) electrons. The minimum atomic E-state index is -0.204. The molecule has 0 aromatic rings. The summed E-state index contributed by atoms with van der Waals surface area (Å²) in [7, 11) is 0. The number of piperidine rings is 1. The molecule has 2 heterocycles. The molecule has 0 spiro atoms. The van der Waals surface area contributed by atoms with Gasteiger partial charge in [0.2, 0.25) is 11.8 Å². The lowest BCUT2D eigenvalue weighted by atomic mass is 9.94. The Morgan fingerprint density at radius 2 is 2.26 bits per heavy atom. The molecule has 0 aromatic heterocycles. The molecular weight excluding hydrogens is 242 g/mol. The van der Waals surface area contributed by atoms with E-state index in [2.05, 4.69) is 10.6 Å². The molecule has 2 rings (SSSR count). The van der Waals surface area contributed by atoms with Crippen LogP contribution in [0.4, 0.5) is 0 Å². The van der Waals surface area contributed by atoms with Crippen molar-refractivity contribution < 1.29 is 9.59 Å². The van der Waals surface area contributed by atoms with Crippen LogP contribution in [0.3, 0.4) is 0 Å². The SMILES string of the molecule is CCC(C)(C)NC(=O)CN1CC2NCCCC2C1=O. The second-order valence-electron chi connectivity index (χ2n) is 6.31. The Hall–Kier alpha value is -1.10. The van der Waals surface area contributed by atoms with Crippen LogP contribution in [0.2, 0.25) is 0 Å². The predicted molar refractivity (Wildman–Crippen MR) is 73.6 cm³/mol. The first-order valence-corrected chi connectivity index (χ1v) is 7.26. The summed E-state index contributed by atoms with van der Waals surface area (Å²) in [5.41, 5.74) is -0.204. The number of carbonyl (C=O) groups is 2. The van der Waals surface area contributed by atoms with Crippen molar-refractivity contribution in [1.82, 2.24) is 15.5 Å². The van der Waals surface area contributed by atoms with Crippen molar-refractivity contribution in [2.75, 3.05) is 19.6 Å². The summed E-state index contributed by atoms with van der Waals surface area (Å²) in [6.07, 6.45) is 2.88. The van der Waals surface area contributed by atoms with Crippen molar-refractivity contribution in [3.63, 3.8) is 0 Å². The highest BCUT2D eigenvalue weighted by molar-refractivity contribution is 5.88. The number of nitrogens with one attached hydrogen (secondary N) is 2. The number of rotatable bonds is 4. The fraction of sp³-hybridized carbons (Fsp3) is 0.857. The lowest BCUT2D eigenvalue weighted by Crippen LogP contribution is -2.48. The van der Waals surface area contributed by atoms with Crippen molar-refractivity contribution in [3.05, 3.63) is 0 Å². The third-order valence-corrected chi connectivity index (χ3v) is 4.33. The third-order valence-electron chi connectivity index (χ3n) is 4.33. The molecule has 0 aromatic carbocycles. The van der Waals surface area contributed by atoms with E-state index in [-0.39, 0.29) is 35.9 Å². The van der Waals surface area contributed by atoms with Gasteiger partial charge < -0.3 is 15.5 Å². The average Bonchev–Trinajstić information content (AvgIpc) is 2.66. The molecule has 0 saturated carbocycles. The van der Waals surface area contributed by atoms with E-state index in [0.29, 0.717) is 6.54 Å². The highest BCUT2D eigenvalue weighted by Gasteiger charge is 2.41. The molecule has 2 fully saturated rings. The Morgan fingerprint density at radius 1 is 1.53 bits per heavy atom. The summed E-state index contributed by atoms with van der Waals surface area (Å²) in [5.74, 6) is 0.168. The van der Waals surface area contributed by atoms with Crippen molar-refractivity contribution in [2.45, 2.75) is 51.6 Å². The van der Waals surface area contributed by atoms with Gasteiger partial charge >= 0.3 is 0 Å². The van der Waals surface area contributed by atoms with Crippen molar-refractivity contribution >= 4 is 11.8 Å². The smallest absolute Gasteiger partial charge is 0.240 e. The van der Waals surface area contributed by atoms with Gasteiger partial charge in [-0.1, -0.05) is 6.92 Å². The van der Waals surface area contributed by atoms with Crippen molar-refractivity contribution in [2.24, 2.45) is 5.92 Å². The van der Waals surface area contributed by atoms with E-state index in [0.717, 1.165) is 25.8 Å². The zero-order chi connectivity index (χ0) is 14.0. The molecule has 2 saturated heterocycles. The summed E-state index contributed by atoms with van der Waals surface area (Å²) in [4.78, 5) is 25.9. The number of hydrogen-bond donors (Lipinski definition) is 2. The lowest BCUT2D eigenvalue weighted by molar-refractivity contribution is -0.136. The molecule has 2 aliphatic heterocycles. The van der Waals surface area contributed by atoms with E-state index < -0.39 is 0 Å². The van der Waals surface area contributed by atoms with Crippen LogP contribution >= 0.6 is 0 Å². The van der Waals surface area contributed by atoms with Crippen LogP contribution in [0.5, 0.6) is 0 Å².